The summed E-state index contributed by atoms with van der Waals surface area (Å²) >= 11 is 0. The molecule has 0 spiro atoms. The van der Waals surface area contributed by atoms with E-state index in [4.69, 9.17) is 14.5 Å². The summed E-state index contributed by atoms with van der Waals surface area (Å²) < 4.78 is 12.7. The Kier molecular flexibility index (Phi) is 8.27. The van der Waals surface area contributed by atoms with Gasteiger partial charge in [0.1, 0.15) is 18.4 Å². The number of phenols is 1. The summed E-state index contributed by atoms with van der Waals surface area (Å²) in [5.41, 5.74) is 2.20. The van der Waals surface area contributed by atoms with Gasteiger partial charge in [0.05, 0.1) is 35.4 Å². The van der Waals surface area contributed by atoms with Crippen LogP contribution in [0.4, 0.5) is 0 Å². The number of aliphatic carboxylic acids is 1. The second-order valence-corrected chi connectivity index (χ2v) is 11.7. The number of carboxylic acids is 1. The second-order valence-electron chi connectivity index (χ2n) is 11.7. The highest BCUT2D eigenvalue weighted by Crippen LogP contribution is 2.42. The van der Waals surface area contributed by atoms with Gasteiger partial charge in [-0.3, -0.25) is 14.4 Å². The number of carboxylic acid groups (broad SMARTS) is 1. The molecule has 1 amide bonds. The monoisotopic (exact) mass is 639 g/mol. The number of hydrogen-bond donors (Lipinski definition) is 3. The molecule has 4 heterocycles. The van der Waals surface area contributed by atoms with Crippen molar-refractivity contribution in [1.29, 1.82) is 0 Å². The van der Waals surface area contributed by atoms with Crippen molar-refractivity contribution in [2.75, 3.05) is 0 Å². The van der Waals surface area contributed by atoms with Gasteiger partial charge < -0.3 is 29.6 Å². The number of aryl methyl sites for hydroxylation is 1. The zero-order valence-corrected chi connectivity index (χ0v) is 25.9. The number of phenolic OH excluding ortho intramolecular Hbond substituents is 1. The van der Waals surface area contributed by atoms with E-state index in [0.29, 0.717) is 23.3 Å². The molecular formula is C35H33N3O9. The van der Waals surface area contributed by atoms with Gasteiger partial charge >= 0.3 is 17.9 Å². The Bertz CT molecular complexity index is 2000. The Morgan fingerprint density at radius 1 is 1.06 bits per heavy atom. The summed E-state index contributed by atoms with van der Waals surface area (Å²) in [6.07, 6.45) is -0.190. The van der Waals surface area contributed by atoms with E-state index in [9.17, 15) is 34.2 Å². The molecule has 3 N–H and O–H groups in total. The fraction of sp³-hybridized carbons (Fsp3) is 0.314. The van der Waals surface area contributed by atoms with Crippen LogP contribution in [-0.2, 0) is 60.2 Å². The second kappa shape index (κ2) is 12.3. The summed E-state index contributed by atoms with van der Waals surface area (Å²) in [6, 6.07) is 14.2. The third-order valence-electron chi connectivity index (χ3n) is 8.87. The number of benzene rings is 2. The molecule has 12 nitrogen and oxygen atoms in total. The fourth-order valence-corrected chi connectivity index (χ4v) is 6.49. The molecule has 2 aliphatic rings. The van der Waals surface area contributed by atoms with E-state index in [1.54, 1.807) is 66.1 Å². The Labute approximate surface area is 269 Å². The number of hydrogen-bond acceptors (Lipinski definition) is 9. The molecule has 6 rings (SSSR count). The van der Waals surface area contributed by atoms with Crippen LogP contribution < -0.4 is 10.9 Å². The lowest BCUT2D eigenvalue weighted by atomic mass is 9.85. The van der Waals surface area contributed by atoms with E-state index in [1.165, 1.54) is 0 Å². The number of esters is 2. The molecule has 2 aromatic heterocycles. The van der Waals surface area contributed by atoms with Gasteiger partial charge in [0.15, 0.2) is 0 Å². The molecule has 2 unspecified atom stereocenters. The summed E-state index contributed by atoms with van der Waals surface area (Å²) in [4.78, 5) is 69.7. The van der Waals surface area contributed by atoms with Gasteiger partial charge in [-0.15, -0.1) is 0 Å². The molecule has 2 atom stereocenters. The average Bonchev–Trinajstić information content (AvgIpc) is 3.42. The first-order chi connectivity index (χ1) is 22.6. The molecule has 0 fully saturated rings. The Morgan fingerprint density at radius 2 is 1.83 bits per heavy atom. The van der Waals surface area contributed by atoms with Gasteiger partial charge in [0.2, 0.25) is 11.5 Å². The fourth-order valence-electron chi connectivity index (χ4n) is 6.49. The van der Waals surface area contributed by atoms with Crippen LogP contribution in [0.5, 0.6) is 5.75 Å². The van der Waals surface area contributed by atoms with E-state index in [2.05, 4.69) is 5.32 Å². The van der Waals surface area contributed by atoms with E-state index >= 15 is 0 Å². The predicted octanol–water partition coefficient (Wildman–Crippen LogP) is 3.49. The van der Waals surface area contributed by atoms with E-state index in [1.807, 2.05) is 6.92 Å². The molecule has 0 radical (unpaired) electrons. The topological polar surface area (TPSA) is 174 Å². The number of fused-ring (bicyclic) bond motifs is 5. The zero-order chi connectivity index (χ0) is 33.5. The molecule has 47 heavy (non-hydrogen) atoms. The Balaban J connectivity index is 1.27. The summed E-state index contributed by atoms with van der Waals surface area (Å²) in [5, 5.41) is 22.9. The maximum absolute atomic E-state index is 13.9. The smallest absolute Gasteiger partial charge is 0.355 e. The van der Waals surface area contributed by atoms with Crippen molar-refractivity contribution in [3.8, 4) is 17.1 Å². The number of nitrogens with zero attached hydrogens (tertiary/aromatic N) is 2. The number of aromatic nitrogens is 2. The van der Waals surface area contributed by atoms with Gasteiger partial charge in [0, 0.05) is 29.4 Å². The standard InChI is InChI=1S/C35H33N3O9/c1-3-21-22-15-20(39)10-11-26(22)37-31-23(21)17-38-28(31)16-25-24(32(38)42)18-46-34(45)35(25,4-2)47-30(41)13-12-29(40)36-27(33(43)44)14-19-8-6-5-7-9-19/h5-11,15-16,27,39H,3-4,12-14,17-18H2,1-2H3,(H,36,40)(H,43,44). The predicted molar refractivity (Wildman–Crippen MR) is 168 cm³/mol. The molecule has 0 aliphatic carbocycles. The lowest BCUT2D eigenvalue weighted by molar-refractivity contribution is -0.189. The third-order valence-corrected chi connectivity index (χ3v) is 8.87. The molecule has 2 aromatic carbocycles. The van der Waals surface area contributed by atoms with Gasteiger partial charge in [0.25, 0.3) is 5.56 Å². The number of ether oxygens (including phenoxy) is 2. The van der Waals surface area contributed by atoms with Gasteiger partial charge in [-0.2, -0.15) is 0 Å². The first kappa shape index (κ1) is 31.5. The molecule has 0 saturated carbocycles. The van der Waals surface area contributed by atoms with Crippen LogP contribution in [0.3, 0.4) is 0 Å². The molecule has 4 aromatic rings. The van der Waals surface area contributed by atoms with Crippen LogP contribution in [0.15, 0.2) is 59.4 Å². The van der Waals surface area contributed by atoms with Crippen LogP contribution in [0.1, 0.15) is 60.9 Å². The lowest BCUT2D eigenvalue weighted by Crippen LogP contribution is -2.47. The molecule has 2 aliphatic heterocycles. The van der Waals surface area contributed by atoms with Crippen molar-refractivity contribution in [2.45, 2.75) is 70.7 Å². The van der Waals surface area contributed by atoms with Crippen LogP contribution in [0.25, 0.3) is 22.3 Å². The van der Waals surface area contributed by atoms with Crippen LogP contribution in [-0.4, -0.2) is 49.6 Å². The summed E-state index contributed by atoms with van der Waals surface area (Å²) in [6.45, 7) is 3.55. The first-order valence-corrected chi connectivity index (χ1v) is 15.4. The van der Waals surface area contributed by atoms with Crippen molar-refractivity contribution in [3.63, 3.8) is 0 Å². The minimum absolute atomic E-state index is 0.0463. The number of nitrogens with one attached hydrogen (secondary N) is 1. The highest BCUT2D eigenvalue weighted by molar-refractivity contribution is 5.91. The first-order valence-electron chi connectivity index (χ1n) is 15.4. The number of carbonyl (C=O) groups excluding carboxylic acids is 3. The largest absolute Gasteiger partial charge is 0.508 e. The van der Waals surface area contributed by atoms with Crippen molar-refractivity contribution in [3.05, 3.63) is 92.8 Å². The van der Waals surface area contributed by atoms with Crippen molar-refractivity contribution in [1.82, 2.24) is 14.9 Å². The number of aromatic hydroxyl groups is 1. The number of pyridine rings is 2. The summed E-state index contributed by atoms with van der Waals surface area (Å²) in [7, 11) is 0. The maximum Gasteiger partial charge on any atom is 0.355 e. The van der Waals surface area contributed by atoms with E-state index < -0.39 is 47.4 Å². The lowest BCUT2D eigenvalue weighted by Gasteiger charge is -2.35. The van der Waals surface area contributed by atoms with E-state index in [-0.39, 0.29) is 49.3 Å². The molecule has 242 valence electrons. The maximum atomic E-state index is 13.9. The molecular weight excluding hydrogens is 606 g/mol. The minimum Gasteiger partial charge on any atom is -0.508 e. The number of carbonyl (C=O) groups is 4. The van der Waals surface area contributed by atoms with E-state index in [0.717, 1.165) is 22.1 Å². The van der Waals surface area contributed by atoms with Crippen LogP contribution >= 0.6 is 0 Å². The van der Waals surface area contributed by atoms with Gasteiger partial charge in [-0.05, 0) is 48.2 Å². The zero-order valence-electron chi connectivity index (χ0n) is 25.9. The molecule has 0 saturated heterocycles. The number of cyclic esters (lactones) is 1. The third kappa shape index (κ3) is 5.60. The van der Waals surface area contributed by atoms with Crippen LogP contribution in [0.2, 0.25) is 0 Å². The number of rotatable bonds is 10. The Hall–Kier alpha value is -5.52. The average molecular weight is 640 g/mol. The van der Waals surface area contributed by atoms with Crippen molar-refractivity contribution >= 4 is 34.7 Å². The minimum atomic E-state index is -1.94. The Morgan fingerprint density at radius 3 is 2.53 bits per heavy atom. The van der Waals surface area contributed by atoms with Gasteiger partial charge in [-0.1, -0.05) is 44.2 Å². The molecule has 12 heteroatoms. The van der Waals surface area contributed by atoms with Crippen LogP contribution in [0, 0.1) is 0 Å². The summed E-state index contributed by atoms with van der Waals surface area (Å²) in [5.74, 6) is -3.51. The highest BCUT2D eigenvalue weighted by atomic mass is 16.6. The normalized spacial score (nSPS) is 16.9. The van der Waals surface area contributed by atoms with Crippen molar-refractivity contribution in [2.24, 2.45) is 0 Å². The molecule has 0 bridgehead atoms. The SMILES string of the molecule is CCc1c2c(nc3ccc(O)cc13)-c1cc3c(c(=O)n1C2)COC(=O)C3(CC)OC(=O)CCC(=O)NC(Cc1ccccc1)C(=O)O. The van der Waals surface area contributed by atoms with Crippen molar-refractivity contribution < 1.29 is 38.9 Å². The quantitative estimate of drug-likeness (QED) is 0.192. The highest BCUT2D eigenvalue weighted by Gasteiger charge is 2.50. The van der Waals surface area contributed by atoms with Gasteiger partial charge in [-0.25, -0.2) is 14.6 Å². The number of amides is 1.